The number of halogens is 1. The van der Waals surface area contributed by atoms with E-state index in [1.54, 1.807) is 6.07 Å². The Morgan fingerprint density at radius 1 is 1.55 bits per heavy atom. The van der Waals surface area contributed by atoms with E-state index in [0.717, 1.165) is 37.2 Å². The highest BCUT2D eigenvalue weighted by Gasteiger charge is 2.25. The first-order valence-corrected chi connectivity index (χ1v) is 7.43. The predicted octanol–water partition coefficient (Wildman–Crippen LogP) is 3.24. The Bertz CT molecular complexity index is 490. The fraction of sp³-hybridized carbons (Fsp3) is 0.533. The van der Waals surface area contributed by atoms with Crippen molar-refractivity contribution < 1.29 is 4.79 Å². The number of piperidine rings is 1. The summed E-state index contributed by atoms with van der Waals surface area (Å²) in [5.74, 6) is 0.385. The van der Waals surface area contributed by atoms with Crippen LogP contribution < -0.4 is 11.1 Å². The molecule has 110 valence electrons. The number of nitrogens with one attached hydrogen (secondary N) is 1. The lowest BCUT2D eigenvalue weighted by Gasteiger charge is -2.34. The van der Waals surface area contributed by atoms with Gasteiger partial charge in [0.1, 0.15) is 0 Å². The van der Waals surface area contributed by atoms with Crippen molar-refractivity contribution in [2.24, 2.45) is 11.7 Å². The summed E-state index contributed by atoms with van der Waals surface area (Å²) < 4.78 is 0. The van der Waals surface area contributed by atoms with E-state index in [-0.39, 0.29) is 12.1 Å². The van der Waals surface area contributed by atoms with Crippen molar-refractivity contribution in [3.05, 3.63) is 28.8 Å². The summed E-state index contributed by atoms with van der Waals surface area (Å²) in [6.45, 7) is 5.45. The Kier molecular flexibility index (Phi) is 4.89. The number of rotatable bonds is 2. The molecule has 1 aliphatic heterocycles. The fourth-order valence-electron chi connectivity index (χ4n) is 2.50. The third kappa shape index (κ3) is 3.64. The number of likely N-dealkylation sites (tertiary alicyclic amines) is 1. The van der Waals surface area contributed by atoms with Crippen LogP contribution in [0.5, 0.6) is 0 Å². The maximum absolute atomic E-state index is 12.3. The van der Waals surface area contributed by atoms with Crippen LogP contribution >= 0.6 is 11.6 Å². The highest BCUT2D eigenvalue weighted by atomic mass is 35.5. The number of hydrogen-bond donors (Lipinski definition) is 2. The number of benzene rings is 1. The largest absolute Gasteiger partial charge is 0.328 e. The molecule has 2 amide bonds. The lowest BCUT2D eigenvalue weighted by atomic mass is 9.92. The highest BCUT2D eigenvalue weighted by Crippen LogP contribution is 2.22. The van der Waals surface area contributed by atoms with Crippen LogP contribution in [0.4, 0.5) is 10.5 Å². The van der Waals surface area contributed by atoms with Crippen molar-refractivity contribution in [1.82, 2.24) is 4.90 Å². The molecule has 0 saturated carbocycles. The van der Waals surface area contributed by atoms with Crippen molar-refractivity contribution in [1.29, 1.82) is 0 Å². The van der Waals surface area contributed by atoms with E-state index in [1.165, 1.54) is 0 Å². The zero-order chi connectivity index (χ0) is 14.7. The van der Waals surface area contributed by atoms with Crippen molar-refractivity contribution in [2.75, 3.05) is 18.4 Å². The fourth-order valence-corrected chi connectivity index (χ4v) is 2.68. The summed E-state index contributed by atoms with van der Waals surface area (Å²) >= 11 is 6.07. The topological polar surface area (TPSA) is 58.4 Å². The smallest absolute Gasteiger partial charge is 0.321 e. The maximum Gasteiger partial charge on any atom is 0.321 e. The molecule has 1 aromatic rings. The summed E-state index contributed by atoms with van der Waals surface area (Å²) in [7, 11) is 0. The SMILES string of the molecule is Cc1ccc(NC(=O)N2CCCC(C(C)N)C2)cc1Cl. The first-order chi connectivity index (χ1) is 9.47. The number of carbonyl (C=O) groups excluding carboxylic acids is 1. The normalized spacial score (nSPS) is 20.6. The molecule has 5 heteroatoms. The van der Waals surface area contributed by atoms with Gasteiger partial charge >= 0.3 is 6.03 Å². The number of anilines is 1. The van der Waals surface area contributed by atoms with Crippen molar-refractivity contribution in [2.45, 2.75) is 32.7 Å². The van der Waals surface area contributed by atoms with Gasteiger partial charge in [0.25, 0.3) is 0 Å². The molecule has 1 aliphatic rings. The molecule has 2 rings (SSSR count). The Balaban J connectivity index is 1.98. The quantitative estimate of drug-likeness (QED) is 0.880. The van der Waals surface area contributed by atoms with Gasteiger partial charge in [-0.2, -0.15) is 0 Å². The molecule has 3 N–H and O–H groups in total. The van der Waals surface area contributed by atoms with Crippen LogP contribution in [0, 0.1) is 12.8 Å². The summed E-state index contributed by atoms with van der Waals surface area (Å²) in [5.41, 5.74) is 7.67. The molecule has 1 aromatic carbocycles. The first kappa shape index (κ1) is 15.1. The number of carbonyl (C=O) groups is 1. The van der Waals surface area contributed by atoms with Crippen molar-refractivity contribution in [3.8, 4) is 0 Å². The Morgan fingerprint density at radius 3 is 2.95 bits per heavy atom. The molecule has 4 nitrogen and oxygen atoms in total. The van der Waals surface area contributed by atoms with E-state index in [4.69, 9.17) is 17.3 Å². The van der Waals surface area contributed by atoms with Gasteiger partial charge in [-0.1, -0.05) is 17.7 Å². The monoisotopic (exact) mass is 295 g/mol. The van der Waals surface area contributed by atoms with Gasteiger partial charge in [-0.15, -0.1) is 0 Å². The highest BCUT2D eigenvalue weighted by molar-refractivity contribution is 6.31. The second-order valence-corrected chi connectivity index (χ2v) is 6.01. The number of urea groups is 1. The predicted molar refractivity (Wildman–Crippen MR) is 83.2 cm³/mol. The van der Waals surface area contributed by atoms with E-state index in [1.807, 2.05) is 30.9 Å². The third-order valence-corrected chi connectivity index (χ3v) is 4.32. The van der Waals surface area contributed by atoms with E-state index in [2.05, 4.69) is 5.32 Å². The number of nitrogens with zero attached hydrogens (tertiary/aromatic N) is 1. The molecule has 1 heterocycles. The average Bonchev–Trinajstić information content (AvgIpc) is 2.43. The third-order valence-electron chi connectivity index (χ3n) is 3.91. The van der Waals surface area contributed by atoms with Crippen LogP contribution in [-0.2, 0) is 0 Å². The van der Waals surface area contributed by atoms with Gasteiger partial charge in [-0.25, -0.2) is 4.79 Å². The van der Waals surface area contributed by atoms with Gasteiger partial charge in [0.15, 0.2) is 0 Å². The molecule has 2 unspecified atom stereocenters. The molecule has 0 radical (unpaired) electrons. The summed E-state index contributed by atoms with van der Waals surface area (Å²) in [6, 6.07) is 5.60. The zero-order valence-electron chi connectivity index (χ0n) is 12.0. The van der Waals surface area contributed by atoms with Gasteiger partial charge in [0.05, 0.1) is 0 Å². The van der Waals surface area contributed by atoms with Gasteiger partial charge in [-0.05, 0) is 50.3 Å². The van der Waals surface area contributed by atoms with E-state index < -0.39 is 0 Å². The van der Waals surface area contributed by atoms with E-state index >= 15 is 0 Å². The molecule has 0 aromatic heterocycles. The van der Waals surface area contributed by atoms with Gasteiger partial charge < -0.3 is 16.0 Å². The maximum atomic E-state index is 12.3. The molecule has 0 bridgehead atoms. The van der Waals surface area contributed by atoms with E-state index in [9.17, 15) is 4.79 Å². The number of nitrogens with two attached hydrogens (primary N) is 1. The molecule has 0 aliphatic carbocycles. The molecular weight excluding hydrogens is 274 g/mol. The first-order valence-electron chi connectivity index (χ1n) is 7.05. The van der Waals surface area contributed by atoms with Gasteiger partial charge in [0.2, 0.25) is 0 Å². The molecule has 0 spiro atoms. The van der Waals surface area contributed by atoms with Crippen LogP contribution in [0.2, 0.25) is 5.02 Å². The Labute approximate surface area is 125 Å². The number of amides is 2. The second kappa shape index (κ2) is 6.46. The van der Waals surface area contributed by atoms with Crippen molar-refractivity contribution >= 4 is 23.3 Å². The summed E-state index contributed by atoms with van der Waals surface area (Å²) in [4.78, 5) is 14.1. The van der Waals surface area contributed by atoms with Crippen LogP contribution in [0.15, 0.2) is 18.2 Å². The summed E-state index contributed by atoms with van der Waals surface area (Å²) in [6.07, 6.45) is 2.10. The minimum Gasteiger partial charge on any atom is -0.328 e. The Hall–Kier alpha value is -1.26. The Morgan fingerprint density at radius 2 is 2.30 bits per heavy atom. The molecule has 1 fully saturated rings. The van der Waals surface area contributed by atoms with Crippen molar-refractivity contribution in [3.63, 3.8) is 0 Å². The van der Waals surface area contributed by atoms with Gasteiger partial charge in [0, 0.05) is 29.8 Å². The molecule has 1 saturated heterocycles. The molecule has 2 atom stereocenters. The zero-order valence-corrected chi connectivity index (χ0v) is 12.8. The molecule has 20 heavy (non-hydrogen) atoms. The lowest BCUT2D eigenvalue weighted by Crippen LogP contribution is -2.46. The number of hydrogen-bond acceptors (Lipinski definition) is 2. The van der Waals surface area contributed by atoms with E-state index in [0.29, 0.717) is 10.9 Å². The van der Waals surface area contributed by atoms with Crippen LogP contribution in [0.3, 0.4) is 0 Å². The van der Waals surface area contributed by atoms with Crippen LogP contribution in [0.25, 0.3) is 0 Å². The summed E-state index contributed by atoms with van der Waals surface area (Å²) in [5, 5.41) is 3.56. The minimum absolute atomic E-state index is 0.0738. The van der Waals surface area contributed by atoms with Crippen LogP contribution in [0.1, 0.15) is 25.3 Å². The minimum atomic E-state index is -0.0738. The number of aryl methyl sites for hydroxylation is 1. The molecular formula is C15H22ClN3O. The standard InChI is InChI=1S/C15H22ClN3O/c1-10-5-6-13(8-14(10)16)18-15(20)19-7-3-4-12(9-19)11(2)17/h5-6,8,11-12H,3-4,7,9,17H2,1-2H3,(H,18,20). The lowest BCUT2D eigenvalue weighted by molar-refractivity contribution is 0.169. The van der Waals surface area contributed by atoms with Gasteiger partial charge in [-0.3, -0.25) is 0 Å². The average molecular weight is 296 g/mol. The second-order valence-electron chi connectivity index (χ2n) is 5.60. The van der Waals surface area contributed by atoms with Crippen LogP contribution in [-0.4, -0.2) is 30.1 Å².